The van der Waals surface area contributed by atoms with Gasteiger partial charge >= 0.3 is 0 Å². The lowest BCUT2D eigenvalue weighted by Crippen LogP contribution is -2.30. The largest absolute Gasteiger partial charge is 0.454 e. The predicted octanol–water partition coefficient (Wildman–Crippen LogP) is 3.38. The van der Waals surface area contributed by atoms with E-state index in [1.165, 1.54) is 5.69 Å². The van der Waals surface area contributed by atoms with Gasteiger partial charge in [-0.25, -0.2) is 0 Å². The SMILES string of the molecule is CCN(CCCNC(=O)CCc1ccc2c(c1)OCO2)c1ccccc1. The minimum atomic E-state index is 0.0884. The van der Waals surface area contributed by atoms with Gasteiger partial charge in [-0.05, 0) is 49.6 Å². The van der Waals surface area contributed by atoms with Gasteiger partial charge in [-0.2, -0.15) is 0 Å². The van der Waals surface area contributed by atoms with Crippen molar-refractivity contribution < 1.29 is 14.3 Å². The van der Waals surface area contributed by atoms with E-state index < -0.39 is 0 Å². The zero-order chi connectivity index (χ0) is 18.2. The van der Waals surface area contributed by atoms with Crippen LogP contribution in [0.15, 0.2) is 48.5 Å². The summed E-state index contributed by atoms with van der Waals surface area (Å²) in [5, 5.41) is 3.01. The number of aryl methyl sites for hydroxylation is 1. The summed E-state index contributed by atoms with van der Waals surface area (Å²) in [5.41, 5.74) is 2.31. The van der Waals surface area contributed by atoms with Gasteiger partial charge in [-0.3, -0.25) is 4.79 Å². The summed E-state index contributed by atoms with van der Waals surface area (Å²) in [6, 6.07) is 16.2. The Kier molecular flexibility index (Phi) is 6.36. The molecule has 0 saturated carbocycles. The minimum absolute atomic E-state index is 0.0884. The molecular formula is C21H26N2O3. The first-order valence-corrected chi connectivity index (χ1v) is 9.21. The maximum atomic E-state index is 12.1. The highest BCUT2D eigenvalue weighted by molar-refractivity contribution is 5.76. The molecule has 2 aromatic rings. The van der Waals surface area contributed by atoms with Crippen molar-refractivity contribution in [1.29, 1.82) is 0 Å². The fraction of sp³-hybridized carbons (Fsp3) is 0.381. The Balaban J connectivity index is 1.35. The van der Waals surface area contributed by atoms with E-state index in [4.69, 9.17) is 9.47 Å². The molecule has 5 nitrogen and oxygen atoms in total. The van der Waals surface area contributed by atoms with Crippen LogP contribution < -0.4 is 19.7 Å². The normalized spacial score (nSPS) is 12.0. The van der Waals surface area contributed by atoms with E-state index in [9.17, 15) is 4.79 Å². The fourth-order valence-corrected chi connectivity index (χ4v) is 3.05. The van der Waals surface area contributed by atoms with Crippen molar-refractivity contribution in [3.05, 3.63) is 54.1 Å². The molecule has 3 rings (SSSR count). The summed E-state index contributed by atoms with van der Waals surface area (Å²) in [6.45, 7) is 5.02. The quantitative estimate of drug-likeness (QED) is 0.702. The molecule has 0 aromatic heterocycles. The van der Waals surface area contributed by atoms with Crippen LogP contribution in [-0.2, 0) is 11.2 Å². The third-order valence-corrected chi connectivity index (χ3v) is 4.51. The maximum Gasteiger partial charge on any atom is 0.231 e. The number of anilines is 1. The fourth-order valence-electron chi connectivity index (χ4n) is 3.05. The van der Waals surface area contributed by atoms with Crippen molar-refractivity contribution in [2.45, 2.75) is 26.2 Å². The van der Waals surface area contributed by atoms with Gasteiger partial charge in [0.05, 0.1) is 0 Å². The number of ether oxygens (including phenoxy) is 2. The van der Waals surface area contributed by atoms with Crippen LogP contribution in [0, 0.1) is 0 Å². The third-order valence-electron chi connectivity index (χ3n) is 4.51. The molecule has 5 heteroatoms. The second-order valence-electron chi connectivity index (χ2n) is 6.31. The van der Waals surface area contributed by atoms with Crippen LogP contribution >= 0.6 is 0 Å². The van der Waals surface area contributed by atoms with E-state index >= 15 is 0 Å². The molecule has 0 unspecified atom stereocenters. The predicted molar refractivity (Wildman–Crippen MR) is 103 cm³/mol. The van der Waals surface area contributed by atoms with E-state index in [2.05, 4.69) is 41.4 Å². The lowest BCUT2D eigenvalue weighted by atomic mass is 10.1. The molecule has 0 bridgehead atoms. The molecule has 1 aliphatic heterocycles. The zero-order valence-electron chi connectivity index (χ0n) is 15.2. The summed E-state index contributed by atoms with van der Waals surface area (Å²) in [6.07, 6.45) is 2.11. The Morgan fingerprint density at radius 2 is 1.92 bits per heavy atom. The summed E-state index contributed by atoms with van der Waals surface area (Å²) in [5.74, 6) is 1.63. The molecule has 0 radical (unpaired) electrons. The van der Waals surface area contributed by atoms with Crippen molar-refractivity contribution in [3.63, 3.8) is 0 Å². The Hall–Kier alpha value is -2.69. The minimum Gasteiger partial charge on any atom is -0.454 e. The Morgan fingerprint density at radius 3 is 2.73 bits per heavy atom. The Labute approximate surface area is 154 Å². The van der Waals surface area contributed by atoms with Gasteiger partial charge in [-0.1, -0.05) is 24.3 Å². The molecule has 0 atom stereocenters. The number of hydrogen-bond donors (Lipinski definition) is 1. The molecule has 138 valence electrons. The molecule has 1 aliphatic rings. The molecule has 1 N–H and O–H groups in total. The average Bonchev–Trinajstić information content (AvgIpc) is 3.15. The smallest absolute Gasteiger partial charge is 0.231 e. The molecule has 26 heavy (non-hydrogen) atoms. The molecule has 1 amide bonds. The first-order valence-electron chi connectivity index (χ1n) is 9.21. The summed E-state index contributed by atoms with van der Waals surface area (Å²) in [4.78, 5) is 14.4. The Bertz CT molecular complexity index is 718. The van der Waals surface area contributed by atoms with E-state index in [0.717, 1.165) is 36.6 Å². The summed E-state index contributed by atoms with van der Waals surface area (Å²) in [7, 11) is 0. The van der Waals surface area contributed by atoms with Crippen molar-refractivity contribution >= 4 is 11.6 Å². The van der Waals surface area contributed by atoms with Gasteiger partial charge in [0.25, 0.3) is 0 Å². The highest BCUT2D eigenvalue weighted by Gasteiger charge is 2.13. The van der Waals surface area contributed by atoms with Crippen LogP contribution in [0.1, 0.15) is 25.3 Å². The lowest BCUT2D eigenvalue weighted by molar-refractivity contribution is -0.121. The van der Waals surface area contributed by atoms with Crippen molar-refractivity contribution in [2.75, 3.05) is 31.3 Å². The van der Waals surface area contributed by atoms with Crippen LogP contribution in [0.3, 0.4) is 0 Å². The summed E-state index contributed by atoms with van der Waals surface area (Å²) < 4.78 is 10.7. The van der Waals surface area contributed by atoms with Gasteiger partial charge in [0, 0.05) is 31.7 Å². The van der Waals surface area contributed by atoms with E-state index in [-0.39, 0.29) is 12.7 Å². The number of benzene rings is 2. The number of amides is 1. The number of nitrogens with one attached hydrogen (secondary N) is 1. The van der Waals surface area contributed by atoms with Crippen molar-refractivity contribution in [1.82, 2.24) is 5.32 Å². The van der Waals surface area contributed by atoms with Gasteiger partial charge < -0.3 is 19.7 Å². The molecule has 0 saturated heterocycles. The first-order chi connectivity index (χ1) is 12.8. The average molecular weight is 354 g/mol. The molecule has 0 fully saturated rings. The van der Waals surface area contributed by atoms with Gasteiger partial charge in [0.1, 0.15) is 0 Å². The van der Waals surface area contributed by atoms with Crippen LogP contribution in [0.2, 0.25) is 0 Å². The lowest BCUT2D eigenvalue weighted by Gasteiger charge is -2.23. The number of carbonyl (C=O) groups is 1. The van der Waals surface area contributed by atoms with Crippen LogP contribution in [0.4, 0.5) is 5.69 Å². The Morgan fingerprint density at radius 1 is 1.12 bits per heavy atom. The number of nitrogens with zero attached hydrogens (tertiary/aromatic N) is 1. The first kappa shape index (κ1) is 18.1. The van der Waals surface area contributed by atoms with Crippen LogP contribution in [-0.4, -0.2) is 32.3 Å². The standard InChI is InChI=1S/C21H26N2O3/c1-2-23(18-7-4-3-5-8-18)14-6-13-22-21(24)12-10-17-9-11-19-20(15-17)26-16-25-19/h3-5,7-9,11,15H,2,6,10,12-14,16H2,1H3,(H,22,24). The maximum absolute atomic E-state index is 12.1. The number of hydrogen-bond acceptors (Lipinski definition) is 4. The number of carbonyl (C=O) groups excluding carboxylic acids is 1. The molecule has 1 heterocycles. The zero-order valence-corrected chi connectivity index (χ0v) is 15.2. The number of fused-ring (bicyclic) bond motifs is 1. The number of rotatable bonds is 9. The van der Waals surface area contributed by atoms with E-state index in [0.29, 0.717) is 19.4 Å². The monoisotopic (exact) mass is 354 g/mol. The van der Waals surface area contributed by atoms with Crippen molar-refractivity contribution in [3.8, 4) is 11.5 Å². The second kappa shape index (κ2) is 9.13. The van der Waals surface area contributed by atoms with Crippen LogP contribution in [0.5, 0.6) is 11.5 Å². The van der Waals surface area contributed by atoms with Crippen molar-refractivity contribution in [2.24, 2.45) is 0 Å². The molecule has 2 aromatic carbocycles. The summed E-state index contributed by atoms with van der Waals surface area (Å²) >= 11 is 0. The molecule has 0 aliphatic carbocycles. The molecular weight excluding hydrogens is 328 g/mol. The van der Waals surface area contributed by atoms with Crippen LogP contribution in [0.25, 0.3) is 0 Å². The van der Waals surface area contributed by atoms with Gasteiger partial charge in [0.15, 0.2) is 11.5 Å². The van der Waals surface area contributed by atoms with Gasteiger partial charge in [0.2, 0.25) is 12.7 Å². The highest BCUT2D eigenvalue weighted by Crippen LogP contribution is 2.32. The second-order valence-corrected chi connectivity index (χ2v) is 6.31. The number of para-hydroxylation sites is 1. The van der Waals surface area contributed by atoms with Gasteiger partial charge in [-0.15, -0.1) is 0 Å². The highest BCUT2D eigenvalue weighted by atomic mass is 16.7. The topological polar surface area (TPSA) is 50.8 Å². The molecule has 0 spiro atoms. The van der Waals surface area contributed by atoms with E-state index in [1.807, 2.05) is 24.3 Å². The third kappa shape index (κ3) is 4.91. The van der Waals surface area contributed by atoms with E-state index in [1.54, 1.807) is 0 Å².